The molecule has 0 radical (unpaired) electrons. The first-order valence-electron chi connectivity index (χ1n) is 10.5. The Balaban J connectivity index is 1.49. The smallest absolute Gasteiger partial charge is 0.343 e. The van der Waals surface area contributed by atoms with Crippen molar-refractivity contribution in [2.45, 2.75) is 63.5 Å². The summed E-state index contributed by atoms with van der Waals surface area (Å²) in [5, 5.41) is 0. The van der Waals surface area contributed by atoms with Crippen molar-refractivity contribution in [2.75, 3.05) is 13.7 Å². The van der Waals surface area contributed by atoms with Gasteiger partial charge in [-0.2, -0.15) is 0 Å². The quantitative estimate of drug-likeness (QED) is 0.550. The monoisotopic (exact) mass is 385 g/mol. The van der Waals surface area contributed by atoms with E-state index >= 15 is 0 Å². The molecule has 0 aromatic rings. The lowest BCUT2D eigenvalue weighted by molar-refractivity contribution is -0.255. The number of allylic oxidation sites excluding steroid dienone is 2. The number of carbonyl (C=O) groups is 1. The Hall–Kier alpha value is -1.79. The van der Waals surface area contributed by atoms with Gasteiger partial charge in [-0.25, -0.2) is 4.79 Å². The Morgan fingerprint density at radius 2 is 2.21 bits per heavy atom. The Bertz CT molecular complexity index is 874. The Labute approximate surface area is 165 Å². The van der Waals surface area contributed by atoms with Crippen LogP contribution >= 0.6 is 0 Å². The van der Waals surface area contributed by atoms with Gasteiger partial charge >= 0.3 is 5.97 Å². The standard InChI is InChI=1S/C22H27NO5/c1-5-6-8-21-14-7-9-23(21)13-10-15(21)27-22(14)16(13)11(2)18(28-22)19-17(25-4)12(3)20(24)26-19/h6,8,11,13-16H,5,7,9-10H2,1-4H3/b8-6+,19-18-/t11-,13-,14+,15-,16+,21-,22+/m0/s1. The van der Waals surface area contributed by atoms with Gasteiger partial charge in [-0.15, -0.1) is 0 Å². The summed E-state index contributed by atoms with van der Waals surface area (Å²) in [6.45, 7) is 7.21. The molecule has 6 heteroatoms. The van der Waals surface area contributed by atoms with Crippen LogP contribution in [0.3, 0.4) is 0 Å². The molecule has 0 saturated carbocycles. The van der Waals surface area contributed by atoms with E-state index in [4.69, 9.17) is 18.9 Å². The average molecular weight is 385 g/mol. The summed E-state index contributed by atoms with van der Waals surface area (Å²) >= 11 is 0. The molecule has 1 unspecified atom stereocenters. The lowest BCUT2D eigenvalue weighted by Crippen LogP contribution is -2.60. The molecule has 6 aliphatic heterocycles. The number of fused-ring (bicyclic) bond motifs is 1. The molecule has 0 aromatic heterocycles. The van der Waals surface area contributed by atoms with Crippen molar-refractivity contribution in [3.63, 3.8) is 0 Å². The maximum Gasteiger partial charge on any atom is 0.343 e. The van der Waals surface area contributed by atoms with Crippen LogP contribution in [0.2, 0.25) is 0 Å². The first kappa shape index (κ1) is 17.1. The number of piperidine rings is 1. The van der Waals surface area contributed by atoms with Gasteiger partial charge in [0.15, 0.2) is 5.76 Å². The summed E-state index contributed by atoms with van der Waals surface area (Å²) in [6, 6.07) is 0.445. The van der Waals surface area contributed by atoms with Gasteiger partial charge in [-0.05, 0) is 26.2 Å². The van der Waals surface area contributed by atoms with E-state index in [9.17, 15) is 4.79 Å². The molecule has 6 aliphatic rings. The zero-order valence-corrected chi connectivity index (χ0v) is 16.9. The van der Waals surface area contributed by atoms with E-state index in [1.54, 1.807) is 14.0 Å². The van der Waals surface area contributed by atoms with Crippen LogP contribution in [0.4, 0.5) is 0 Å². The summed E-state index contributed by atoms with van der Waals surface area (Å²) in [6.07, 6.45) is 8.04. The Morgan fingerprint density at radius 3 is 2.96 bits per heavy atom. The first-order chi connectivity index (χ1) is 13.5. The fraction of sp³-hybridized carbons (Fsp3) is 0.682. The first-order valence-corrected chi connectivity index (χ1v) is 10.5. The maximum atomic E-state index is 12.2. The molecular formula is C22H27NO5. The van der Waals surface area contributed by atoms with E-state index in [-0.39, 0.29) is 29.4 Å². The molecule has 0 aromatic carbocycles. The second kappa shape index (κ2) is 5.22. The third kappa shape index (κ3) is 1.60. The molecule has 28 heavy (non-hydrogen) atoms. The summed E-state index contributed by atoms with van der Waals surface area (Å²) in [5.74, 6) is 1.38. The highest BCUT2D eigenvalue weighted by Crippen LogP contribution is 2.72. The summed E-state index contributed by atoms with van der Waals surface area (Å²) < 4.78 is 24.5. The highest BCUT2D eigenvalue weighted by atomic mass is 16.7. The van der Waals surface area contributed by atoms with Crippen LogP contribution in [0.5, 0.6) is 0 Å². The van der Waals surface area contributed by atoms with Gasteiger partial charge in [-0.3, -0.25) is 4.90 Å². The molecule has 6 rings (SSSR count). The van der Waals surface area contributed by atoms with Gasteiger partial charge in [0.1, 0.15) is 5.76 Å². The number of carbonyl (C=O) groups excluding carboxylic acids is 1. The molecule has 6 heterocycles. The molecule has 6 nitrogen and oxygen atoms in total. The van der Waals surface area contributed by atoms with Gasteiger partial charge in [0.05, 0.1) is 36.2 Å². The third-order valence-electron chi connectivity index (χ3n) is 8.10. The SMILES string of the molecule is CC/C=C/[C@@]12[C@@H]3C[C@H]4[C@H]5[C@H](C)/C(=C6/OC(=O)C(C)=C6OC)O[C@]5(O3)[C@@H]1CCN42. The third-order valence-corrected chi connectivity index (χ3v) is 8.10. The van der Waals surface area contributed by atoms with Crippen LogP contribution in [0.25, 0.3) is 0 Å². The van der Waals surface area contributed by atoms with Gasteiger partial charge in [-0.1, -0.05) is 26.0 Å². The maximum absolute atomic E-state index is 12.2. The van der Waals surface area contributed by atoms with Crippen molar-refractivity contribution in [1.82, 2.24) is 4.90 Å². The van der Waals surface area contributed by atoms with Crippen molar-refractivity contribution in [1.29, 1.82) is 0 Å². The minimum absolute atomic E-state index is 0.0286. The number of cyclic esters (lactones) is 1. The molecule has 5 fully saturated rings. The molecule has 0 amide bonds. The van der Waals surface area contributed by atoms with Crippen molar-refractivity contribution in [3.05, 3.63) is 35.0 Å². The van der Waals surface area contributed by atoms with E-state index < -0.39 is 5.79 Å². The van der Waals surface area contributed by atoms with Crippen molar-refractivity contribution >= 4 is 5.97 Å². The minimum Gasteiger partial charge on any atom is -0.492 e. The summed E-state index contributed by atoms with van der Waals surface area (Å²) in [7, 11) is 1.57. The molecule has 0 N–H and O–H groups in total. The lowest BCUT2D eigenvalue weighted by atomic mass is 9.71. The number of esters is 1. The number of hydrogen-bond donors (Lipinski definition) is 0. The van der Waals surface area contributed by atoms with Gasteiger partial charge in [0.2, 0.25) is 11.5 Å². The van der Waals surface area contributed by atoms with E-state index in [1.165, 1.54) is 0 Å². The van der Waals surface area contributed by atoms with E-state index in [2.05, 4.69) is 30.9 Å². The number of methoxy groups -OCH3 is 1. The highest BCUT2D eigenvalue weighted by Gasteiger charge is 2.83. The number of rotatable bonds is 3. The van der Waals surface area contributed by atoms with E-state index in [1.807, 2.05) is 0 Å². The number of nitrogens with zero attached hydrogens (tertiary/aromatic N) is 1. The van der Waals surface area contributed by atoms with Crippen LogP contribution in [-0.2, 0) is 23.7 Å². The normalized spacial score (nSPS) is 52.8. The summed E-state index contributed by atoms with van der Waals surface area (Å²) in [4.78, 5) is 14.9. The number of hydrogen-bond acceptors (Lipinski definition) is 6. The van der Waals surface area contributed by atoms with Gasteiger partial charge in [0, 0.05) is 18.5 Å². The van der Waals surface area contributed by atoms with Crippen molar-refractivity contribution in [2.24, 2.45) is 17.8 Å². The molecule has 0 aliphatic carbocycles. The zero-order valence-electron chi connectivity index (χ0n) is 16.9. The average Bonchev–Trinajstić information content (AvgIpc) is 3.38. The molecule has 1 spiro atoms. The molecule has 8 atom stereocenters. The van der Waals surface area contributed by atoms with Crippen LogP contribution in [-0.4, -0.2) is 48.0 Å². The van der Waals surface area contributed by atoms with E-state index in [0.29, 0.717) is 29.1 Å². The second-order valence-electron chi connectivity index (χ2n) is 9.02. The second-order valence-corrected chi connectivity index (χ2v) is 9.02. The van der Waals surface area contributed by atoms with Crippen LogP contribution in [0.1, 0.15) is 40.0 Å². The molecule has 5 bridgehead atoms. The van der Waals surface area contributed by atoms with Crippen molar-refractivity contribution < 1.29 is 23.7 Å². The molecule has 5 saturated heterocycles. The lowest BCUT2D eigenvalue weighted by Gasteiger charge is -2.47. The van der Waals surface area contributed by atoms with E-state index in [0.717, 1.165) is 31.6 Å². The Morgan fingerprint density at radius 1 is 1.39 bits per heavy atom. The predicted octanol–water partition coefficient (Wildman–Crippen LogP) is 2.87. The Kier molecular flexibility index (Phi) is 3.19. The van der Waals surface area contributed by atoms with Crippen molar-refractivity contribution in [3.8, 4) is 0 Å². The topological polar surface area (TPSA) is 57.2 Å². The fourth-order valence-electron chi connectivity index (χ4n) is 7.22. The van der Waals surface area contributed by atoms with Crippen LogP contribution in [0, 0.1) is 17.8 Å². The molecular weight excluding hydrogens is 358 g/mol. The highest BCUT2D eigenvalue weighted by molar-refractivity contribution is 5.93. The fourth-order valence-corrected chi connectivity index (χ4v) is 7.22. The summed E-state index contributed by atoms with van der Waals surface area (Å²) in [5.41, 5.74) is 0.467. The van der Waals surface area contributed by atoms with Gasteiger partial charge in [0.25, 0.3) is 0 Å². The zero-order chi connectivity index (χ0) is 19.4. The number of ether oxygens (including phenoxy) is 4. The van der Waals surface area contributed by atoms with Crippen LogP contribution < -0.4 is 0 Å². The predicted molar refractivity (Wildman–Crippen MR) is 99.6 cm³/mol. The molecule has 150 valence electrons. The largest absolute Gasteiger partial charge is 0.492 e. The van der Waals surface area contributed by atoms with Crippen LogP contribution in [0.15, 0.2) is 35.0 Å². The van der Waals surface area contributed by atoms with Gasteiger partial charge < -0.3 is 18.9 Å². The minimum atomic E-state index is -0.609.